The highest BCUT2D eigenvalue weighted by Crippen LogP contribution is 2.18. The first-order chi connectivity index (χ1) is 8.97. The van der Waals surface area contributed by atoms with Crippen LogP contribution in [0.3, 0.4) is 0 Å². The van der Waals surface area contributed by atoms with Crippen molar-refractivity contribution < 1.29 is 22.1 Å². The fraction of sp³-hybridized carbons (Fsp3) is 0.182. The number of nitrogens with zero attached hydrogens (tertiary/aromatic N) is 2. The zero-order valence-electron chi connectivity index (χ0n) is 9.77. The number of benzene rings is 1. The largest absolute Gasteiger partial charge is 0.509 e. The molecule has 0 spiro atoms. The smallest absolute Gasteiger partial charge is 0.489 e. The van der Waals surface area contributed by atoms with Crippen LogP contribution in [0.2, 0.25) is 0 Å². The zero-order chi connectivity index (χ0) is 13.9. The summed E-state index contributed by atoms with van der Waals surface area (Å²) in [6.07, 6.45) is 3.24. The minimum absolute atomic E-state index is 0.0346. The molecule has 0 radical (unpaired) electrons. The average Bonchev–Trinajstić information content (AvgIpc) is 2.83. The third-order valence-electron chi connectivity index (χ3n) is 2.47. The molecule has 0 saturated heterocycles. The van der Waals surface area contributed by atoms with Gasteiger partial charge < -0.3 is 17.7 Å². The molecule has 19 heavy (non-hydrogen) atoms. The average molecular weight is 273 g/mol. The van der Waals surface area contributed by atoms with Gasteiger partial charge in [-0.2, -0.15) is 5.10 Å². The minimum atomic E-state index is -5.16. The van der Waals surface area contributed by atoms with E-state index in [9.17, 15) is 17.3 Å². The molecule has 0 amide bonds. The molecule has 0 fully saturated rings. The van der Waals surface area contributed by atoms with Crippen molar-refractivity contribution in [2.45, 2.75) is 6.54 Å². The van der Waals surface area contributed by atoms with Crippen LogP contribution in [0.25, 0.3) is 0 Å². The summed E-state index contributed by atoms with van der Waals surface area (Å²) in [5, 5.41) is 3.89. The van der Waals surface area contributed by atoms with Gasteiger partial charge in [-0.1, -0.05) is 6.07 Å². The molecule has 102 valence electrons. The van der Waals surface area contributed by atoms with Crippen LogP contribution < -0.4 is 10.2 Å². The minimum Gasteiger partial charge on any atom is -0.489 e. The normalized spacial score (nSPS) is 11.6. The number of rotatable bonds is 5. The monoisotopic (exact) mass is 273 g/mol. The second-order valence-electron chi connectivity index (χ2n) is 3.88. The molecule has 2 rings (SSSR count). The van der Waals surface area contributed by atoms with E-state index in [2.05, 4.69) is 5.10 Å². The van der Waals surface area contributed by atoms with Crippen LogP contribution in [-0.2, 0) is 6.54 Å². The van der Waals surface area contributed by atoms with Crippen molar-refractivity contribution in [3.63, 3.8) is 0 Å². The van der Waals surface area contributed by atoms with Gasteiger partial charge in [-0.15, -0.1) is 5.46 Å². The van der Waals surface area contributed by atoms with Crippen LogP contribution in [0.1, 0.15) is 0 Å². The van der Waals surface area contributed by atoms with Gasteiger partial charge in [0.1, 0.15) is 6.61 Å². The third kappa shape index (κ3) is 3.49. The summed E-state index contributed by atoms with van der Waals surface area (Å²) in [7, 11) is 0. The van der Waals surface area contributed by atoms with E-state index in [1.54, 1.807) is 18.5 Å². The third-order valence-corrected chi connectivity index (χ3v) is 2.47. The van der Waals surface area contributed by atoms with Gasteiger partial charge in [0.2, 0.25) is 0 Å². The molecule has 0 bridgehead atoms. The van der Waals surface area contributed by atoms with Crippen LogP contribution in [0.15, 0.2) is 36.7 Å². The van der Waals surface area contributed by atoms with Crippen LogP contribution in [-0.4, -0.2) is 23.4 Å². The maximum Gasteiger partial charge on any atom is 0.509 e. The molecular formula is C11H10BF4N2O-. The lowest BCUT2D eigenvalue weighted by Gasteiger charge is -2.16. The van der Waals surface area contributed by atoms with Crippen molar-refractivity contribution in [3.8, 4) is 5.75 Å². The molecular weight excluding hydrogens is 263 g/mol. The van der Waals surface area contributed by atoms with E-state index >= 15 is 0 Å². The van der Waals surface area contributed by atoms with Gasteiger partial charge in [0.05, 0.1) is 6.54 Å². The highest BCUT2D eigenvalue weighted by molar-refractivity contribution is 6.73. The highest BCUT2D eigenvalue weighted by Gasteiger charge is 2.26. The quantitative estimate of drug-likeness (QED) is 0.616. The number of aromatic nitrogens is 2. The summed E-state index contributed by atoms with van der Waals surface area (Å²) in [5.74, 6) is -1.21. The Morgan fingerprint density at radius 2 is 2.05 bits per heavy atom. The second-order valence-corrected chi connectivity index (χ2v) is 3.88. The molecule has 1 aromatic carbocycles. The molecule has 0 saturated carbocycles. The number of hydrogen-bond acceptors (Lipinski definition) is 2. The molecule has 2 aromatic rings. The number of halogens is 4. The highest BCUT2D eigenvalue weighted by atomic mass is 19.4. The van der Waals surface area contributed by atoms with E-state index in [0.29, 0.717) is 18.7 Å². The Balaban J connectivity index is 2.03. The Morgan fingerprint density at radius 1 is 1.26 bits per heavy atom. The predicted molar refractivity (Wildman–Crippen MR) is 62.8 cm³/mol. The van der Waals surface area contributed by atoms with Crippen molar-refractivity contribution >= 4 is 12.4 Å². The summed E-state index contributed by atoms with van der Waals surface area (Å²) in [6.45, 7) is -4.80. The van der Waals surface area contributed by atoms with Gasteiger partial charge in [-0.05, 0) is 18.2 Å². The lowest BCUT2D eigenvalue weighted by Crippen LogP contribution is -2.34. The van der Waals surface area contributed by atoms with Crippen molar-refractivity contribution in [1.82, 2.24) is 9.78 Å². The maximum absolute atomic E-state index is 13.3. The predicted octanol–water partition coefficient (Wildman–Crippen LogP) is 2.16. The van der Waals surface area contributed by atoms with Crippen LogP contribution in [0.5, 0.6) is 5.75 Å². The van der Waals surface area contributed by atoms with Crippen molar-refractivity contribution in [1.29, 1.82) is 0 Å². The van der Waals surface area contributed by atoms with Gasteiger partial charge in [0.15, 0.2) is 11.6 Å². The number of ether oxygens (including phenoxy) is 1. The summed E-state index contributed by atoms with van der Waals surface area (Å²) in [5.41, 5.74) is -0.879. The van der Waals surface area contributed by atoms with E-state index in [-0.39, 0.29) is 6.61 Å². The van der Waals surface area contributed by atoms with Crippen LogP contribution in [0, 0.1) is 5.82 Å². The summed E-state index contributed by atoms with van der Waals surface area (Å²) in [6, 6.07) is 3.84. The molecule has 8 heteroatoms. The van der Waals surface area contributed by atoms with Gasteiger partial charge in [-0.3, -0.25) is 4.68 Å². The fourth-order valence-electron chi connectivity index (χ4n) is 1.52. The first-order valence-corrected chi connectivity index (χ1v) is 5.56. The number of hydrogen-bond donors (Lipinski definition) is 0. The molecule has 0 unspecified atom stereocenters. The second kappa shape index (κ2) is 5.33. The SMILES string of the molecule is Fc1ccc([B-](F)(F)F)cc1OCCn1cccn1. The molecule has 0 N–H and O–H groups in total. The molecule has 1 aromatic heterocycles. The lowest BCUT2D eigenvalue weighted by molar-refractivity contribution is 0.278. The molecule has 0 aliphatic carbocycles. The lowest BCUT2D eigenvalue weighted by atomic mass is 9.80. The van der Waals surface area contributed by atoms with Gasteiger partial charge >= 0.3 is 6.98 Å². The maximum atomic E-state index is 13.3. The summed E-state index contributed by atoms with van der Waals surface area (Å²) >= 11 is 0. The van der Waals surface area contributed by atoms with Crippen LogP contribution >= 0.6 is 0 Å². The Bertz CT molecular complexity index is 542. The topological polar surface area (TPSA) is 27.1 Å². The Hall–Kier alpha value is -1.99. The first-order valence-electron chi connectivity index (χ1n) is 5.56. The molecule has 0 aliphatic heterocycles. The van der Waals surface area contributed by atoms with Gasteiger partial charge in [-0.25, -0.2) is 4.39 Å². The van der Waals surface area contributed by atoms with Crippen molar-refractivity contribution in [2.24, 2.45) is 0 Å². The zero-order valence-corrected chi connectivity index (χ0v) is 9.77. The van der Waals surface area contributed by atoms with Gasteiger partial charge in [0, 0.05) is 12.4 Å². The standard InChI is InChI=1S/C11H10BF4N2O/c13-10-3-2-9(12(14,15)16)8-11(10)19-7-6-18-5-1-4-17-18/h1-5,8H,6-7H2/q-1. The van der Waals surface area contributed by atoms with Crippen molar-refractivity contribution in [2.75, 3.05) is 6.61 Å². The van der Waals surface area contributed by atoms with Crippen molar-refractivity contribution in [3.05, 3.63) is 42.5 Å². The summed E-state index contributed by atoms with van der Waals surface area (Å²) in [4.78, 5) is 0. The fourth-order valence-corrected chi connectivity index (χ4v) is 1.52. The Labute approximate surface area is 106 Å². The first kappa shape index (κ1) is 13.4. The van der Waals surface area contributed by atoms with E-state index in [1.807, 2.05) is 0 Å². The Morgan fingerprint density at radius 3 is 2.68 bits per heavy atom. The van der Waals surface area contributed by atoms with Gasteiger partial charge in [0.25, 0.3) is 0 Å². The molecule has 1 heterocycles. The van der Waals surface area contributed by atoms with E-state index < -0.39 is 24.0 Å². The van der Waals surface area contributed by atoms with Crippen LogP contribution in [0.4, 0.5) is 17.3 Å². The van der Waals surface area contributed by atoms with E-state index in [1.165, 1.54) is 4.68 Å². The van der Waals surface area contributed by atoms with E-state index in [0.717, 1.165) is 6.07 Å². The molecule has 0 aliphatic rings. The molecule has 3 nitrogen and oxygen atoms in total. The van der Waals surface area contributed by atoms with E-state index in [4.69, 9.17) is 4.74 Å². The summed E-state index contributed by atoms with van der Waals surface area (Å²) < 4.78 is 57.4. The molecule has 0 atom stereocenters. The Kier molecular flexibility index (Phi) is 3.78.